The molecule has 0 fully saturated rings. The number of carbonyl (C=O) groups excluding carboxylic acids is 1. The van der Waals surface area contributed by atoms with Crippen molar-refractivity contribution < 1.29 is 23.7 Å². The molecule has 0 amide bonds. The third kappa shape index (κ3) is 7.17. The number of methoxy groups -OCH3 is 3. The molecule has 170 valence electrons. The minimum atomic E-state index is -0.399. The quantitative estimate of drug-likeness (QED) is 0.343. The van der Waals surface area contributed by atoms with Crippen LogP contribution in [0.4, 0.5) is 0 Å². The largest absolute Gasteiger partial charge is 0.493 e. The summed E-state index contributed by atoms with van der Waals surface area (Å²) < 4.78 is 21.3. The van der Waals surface area contributed by atoms with Gasteiger partial charge in [-0.05, 0) is 57.0 Å². The predicted molar refractivity (Wildman–Crippen MR) is 122 cm³/mol. The van der Waals surface area contributed by atoms with Crippen molar-refractivity contribution in [2.45, 2.75) is 39.2 Å². The third-order valence-corrected chi connectivity index (χ3v) is 5.38. The van der Waals surface area contributed by atoms with E-state index in [-0.39, 0.29) is 0 Å². The molecule has 0 spiro atoms. The summed E-state index contributed by atoms with van der Waals surface area (Å²) in [5.74, 6) is 0.912. The molecular weight excluding hydrogens is 394 g/mol. The van der Waals surface area contributed by atoms with Gasteiger partial charge in [0.1, 0.15) is 0 Å². The maximum atomic E-state index is 12.5. The predicted octanol–water partition coefficient (Wildman–Crippen LogP) is 4.60. The van der Waals surface area contributed by atoms with E-state index in [0.29, 0.717) is 35.5 Å². The van der Waals surface area contributed by atoms with Crippen molar-refractivity contribution in [2.24, 2.45) is 0 Å². The molecular formula is C25H35NO5. The first-order valence-corrected chi connectivity index (χ1v) is 10.8. The summed E-state index contributed by atoms with van der Waals surface area (Å²) in [6.45, 7) is 6.80. The van der Waals surface area contributed by atoms with Crippen LogP contribution in [0.3, 0.4) is 0 Å². The summed E-state index contributed by atoms with van der Waals surface area (Å²) in [7, 11) is 4.56. The van der Waals surface area contributed by atoms with Crippen molar-refractivity contribution >= 4 is 5.97 Å². The monoisotopic (exact) mass is 429 g/mol. The fraction of sp³-hybridized carbons (Fsp3) is 0.480. The molecule has 0 saturated heterocycles. The second-order valence-electron chi connectivity index (χ2n) is 7.42. The Morgan fingerprint density at radius 1 is 0.968 bits per heavy atom. The first-order valence-electron chi connectivity index (χ1n) is 10.8. The van der Waals surface area contributed by atoms with Gasteiger partial charge in [0.05, 0.1) is 33.5 Å². The molecule has 1 atom stereocenters. The van der Waals surface area contributed by atoms with Gasteiger partial charge in [0.2, 0.25) is 5.75 Å². The van der Waals surface area contributed by atoms with E-state index in [1.807, 2.05) is 6.07 Å². The number of ether oxygens (including phenoxy) is 4. The maximum Gasteiger partial charge on any atom is 0.338 e. The van der Waals surface area contributed by atoms with Gasteiger partial charge >= 0.3 is 5.97 Å². The van der Waals surface area contributed by atoms with Crippen LogP contribution in [0.15, 0.2) is 42.5 Å². The summed E-state index contributed by atoms with van der Waals surface area (Å²) >= 11 is 0. The molecule has 0 bridgehead atoms. The number of rotatable bonds is 13. The first-order chi connectivity index (χ1) is 15.0. The van der Waals surface area contributed by atoms with Crippen molar-refractivity contribution in [1.29, 1.82) is 0 Å². The van der Waals surface area contributed by atoms with E-state index in [4.69, 9.17) is 18.9 Å². The maximum absolute atomic E-state index is 12.5. The van der Waals surface area contributed by atoms with Crippen molar-refractivity contribution in [3.05, 3.63) is 53.6 Å². The third-order valence-electron chi connectivity index (χ3n) is 5.38. The number of hydrogen-bond donors (Lipinski definition) is 0. The van der Waals surface area contributed by atoms with Gasteiger partial charge in [-0.2, -0.15) is 0 Å². The fourth-order valence-corrected chi connectivity index (χ4v) is 3.64. The highest BCUT2D eigenvalue weighted by atomic mass is 16.5. The Morgan fingerprint density at radius 2 is 1.61 bits per heavy atom. The van der Waals surface area contributed by atoms with Crippen LogP contribution in [0.2, 0.25) is 0 Å². The Labute approximate surface area is 186 Å². The van der Waals surface area contributed by atoms with E-state index in [2.05, 4.69) is 43.0 Å². The van der Waals surface area contributed by atoms with Crippen LogP contribution in [0, 0.1) is 0 Å². The molecule has 0 aliphatic carbocycles. The first kappa shape index (κ1) is 24.5. The molecule has 2 aromatic carbocycles. The standard InChI is InChI=1S/C25H35NO5/c1-6-26(19(2)16-20-12-8-7-9-13-20)14-10-11-15-31-25(27)21-17-22(28-3)24(30-5)23(18-21)29-4/h7-9,12-13,17-19H,6,10-11,14-16H2,1-5H3. The Balaban J connectivity index is 1.80. The highest BCUT2D eigenvalue weighted by molar-refractivity contribution is 5.91. The Kier molecular flexibility index (Phi) is 10.2. The molecule has 1 unspecified atom stereocenters. The van der Waals surface area contributed by atoms with Crippen molar-refractivity contribution in [2.75, 3.05) is 41.0 Å². The average Bonchev–Trinajstić information content (AvgIpc) is 2.80. The lowest BCUT2D eigenvalue weighted by Gasteiger charge is -2.28. The van der Waals surface area contributed by atoms with Crippen LogP contribution in [0.25, 0.3) is 0 Å². The summed E-state index contributed by atoms with van der Waals surface area (Å²) in [6, 6.07) is 14.2. The highest BCUT2D eigenvalue weighted by Gasteiger charge is 2.18. The van der Waals surface area contributed by atoms with E-state index in [0.717, 1.165) is 32.4 Å². The summed E-state index contributed by atoms with van der Waals surface area (Å²) in [4.78, 5) is 14.9. The Morgan fingerprint density at radius 3 is 2.16 bits per heavy atom. The molecule has 0 aliphatic rings. The van der Waals surface area contributed by atoms with Gasteiger partial charge in [-0.3, -0.25) is 0 Å². The van der Waals surface area contributed by atoms with E-state index in [1.54, 1.807) is 12.1 Å². The van der Waals surface area contributed by atoms with Gasteiger partial charge in [-0.1, -0.05) is 37.3 Å². The minimum absolute atomic E-state index is 0.375. The summed E-state index contributed by atoms with van der Waals surface area (Å²) in [5.41, 5.74) is 1.73. The van der Waals surface area contributed by atoms with E-state index in [1.165, 1.54) is 26.9 Å². The Hall–Kier alpha value is -2.73. The molecule has 0 aromatic heterocycles. The van der Waals surface area contributed by atoms with Gasteiger partial charge in [-0.25, -0.2) is 4.79 Å². The zero-order chi connectivity index (χ0) is 22.6. The molecule has 0 N–H and O–H groups in total. The zero-order valence-corrected chi connectivity index (χ0v) is 19.3. The van der Waals surface area contributed by atoms with Gasteiger partial charge < -0.3 is 23.8 Å². The van der Waals surface area contributed by atoms with Gasteiger partial charge in [0, 0.05) is 6.04 Å². The second-order valence-corrected chi connectivity index (χ2v) is 7.42. The lowest BCUT2D eigenvalue weighted by Crippen LogP contribution is -2.35. The van der Waals surface area contributed by atoms with Gasteiger partial charge in [-0.15, -0.1) is 0 Å². The fourth-order valence-electron chi connectivity index (χ4n) is 3.64. The second kappa shape index (κ2) is 12.8. The number of esters is 1. The molecule has 2 aromatic rings. The van der Waals surface area contributed by atoms with Gasteiger partial charge in [0.25, 0.3) is 0 Å². The van der Waals surface area contributed by atoms with Crippen LogP contribution in [-0.2, 0) is 11.2 Å². The average molecular weight is 430 g/mol. The van der Waals surface area contributed by atoms with E-state index < -0.39 is 5.97 Å². The van der Waals surface area contributed by atoms with Crippen molar-refractivity contribution in [3.63, 3.8) is 0 Å². The highest BCUT2D eigenvalue weighted by Crippen LogP contribution is 2.38. The number of nitrogens with zero attached hydrogens (tertiary/aromatic N) is 1. The Bertz CT molecular complexity index is 784. The van der Waals surface area contributed by atoms with Crippen LogP contribution in [0.1, 0.15) is 42.6 Å². The molecule has 2 rings (SSSR count). The normalized spacial score (nSPS) is 11.8. The molecule has 0 aliphatic heterocycles. The molecule has 6 heteroatoms. The number of likely N-dealkylation sites (N-methyl/N-ethyl adjacent to an activating group) is 1. The van der Waals surface area contributed by atoms with E-state index in [9.17, 15) is 4.79 Å². The van der Waals surface area contributed by atoms with Crippen LogP contribution >= 0.6 is 0 Å². The van der Waals surface area contributed by atoms with Crippen LogP contribution in [0.5, 0.6) is 17.2 Å². The van der Waals surface area contributed by atoms with Crippen LogP contribution in [-0.4, -0.2) is 57.9 Å². The number of hydrogen-bond acceptors (Lipinski definition) is 6. The molecule has 0 saturated carbocycles. The number of benzene rings is 2. The van der Waals surface area contributed by atoms with Crippen molar-refractivity contribution in [1.82, 2.24) is 4.90 Å². The molecule has 0 heterocycles. The van der Waals surface area contributed by atoms with Crippen LogP contribution < -0.4 is 14.2 Å². The van der Waals surface area contributed by atoms with E-state index >= 15 is 0 Å². The zero-order valence-electron chi connectivity index (χ0n) is 19.3. The lowest BCUT2D eigenvalue weighted by atomic mass is 10.1. The lowest BCUT2D eigenvalue weighted by molar-refractivity contribution is 0.0492. The number of carbonyl (C=O) groups is 1. The summed E-state index contributed by atoms with van der Waals surface area (Å²) in [5, 5.41) is 0. The van der Waals surface area contributed by atoms with Gasteiger partial charge in [0.15, 0.2) is 11.5 Å². The summed E-state index contributed by atoms with van der Waals surface area (Å²) in [6.07, 6.45) is 2.81. The molecule has 6 nitrogen and oxygen atoms in total. The van der Waals surface area contributed by atoms with Crippen molar-refractivity contribution in [3.8, 4) is 17.2 Å². The molecule has 0 radical (unpaired) electrons. The topological polar surface area (TPSA) is 57.2 Å². The smallest absolute Gasteiger partial charge is 0.338 e. The molecule has 31 heavy (non-hydrogen) atoms. The minimum Gasteiger partial charge on any atom is -0.493 e. The SMILES string of the molecule is CCN(CCCCOC(=O)c1cc(OC)c(OC)c(OC)c1)C(C)Cc1ccccc1. The number of unbranched alkanes of at least 4 members (excludes halogenated alkanes) is 1.